The lowest BCUT2D eigenvalue weighted by Crippen LogP contribution is -2.46. The first-order valence-corrected chi connectivity index (χ1v) is 8.77. The molecule has 140 valence electrons. The zero-order valence-electron chi connectivity index (χ0n) is 14.9. The van der Waals surface area contributed by atoms with E-state index in [-0.39, 0.29) is 29.9 Å². The predicted octanol–water partition coefficient (Wildman–Crippen LogP) is 2.72. The summed E-state index contributed by atoms with van der Waals surface area (Å²) in [5, 5.41) is 0. The number of rotatable bonds is 4. The molecule has 0 aliphatic carbocycles. The number of benzene rings is 1. The summed E-state index contributed by atoms with van der Waals surface area (Å²) >= 11 is 0. The Kier molecular flexibility index (Phi) is 7.00. The third-order valence-electron chi connectivity index (χ3n) is 4.66. The Morgan fingerprint density at radius 1 is 1.27 bits per heavy atom. The van der Waals surface area contributed by atoms with Gasteiger partial charge in [0.05, 0.1) is 0 Å². The van der Waals surface area contributed by atoms with Crippen molar-refractivity contribution >= 4 is 18.3 Å². The molecule has 0 bridgehead atoms. The molecule has 5 nitrogen and oxygen atoms in total. The van der Waals surface area contributed by atoms with Crippen LogP contribution in [0.4, 0.5) is 0 Å². The van der Waals surface area contributed by atoms with Gasteiger partial charge in [-0.15, -0.1) is 12.4 Å². The summed E-state index contributed by atoms with van der Waals surface area (Å²) in [7, 11) is 0. The molecule has 2 N–H and O–H groups in total. The van der Waals surface area contributed by atoms with Crippen molar-refractivity contribution in [3.63, 3.8) is 0 Å². The molecule has 1 atom stereocenters. The molecule has 1 aliphatic heterocycles. The van der Waals surface area contributed by atoms with E-state index < -0.39 is 5.63 Å². The Morgan fingerprint density at radius 2 is 2.00 bits per heavy atom. The third-order valence-corrected chi connectivity index (χ3v) is 4.66. The Hall–Kier alpha value is -2.11. The molecule has 1 fully saturated rings. The number of carbonyl (C=O) groups is 1. The molecule has 2 heterocycles. The minimum Gasteiger partial charge on any atom is -0.427 e. The van der Waals surface area contributed by atoms with Gasteiger partial charge in [-0.25, -0.2) is 4.79 Å². The van der Waals surface area contributed by atoms with Gasteiger partial charge in [0.25, 0.3) is 5.91 Å². The fourth-order valence-corrected chi connectivity index (χ4v) is 3.32. The lowest BCUT2D eigenvalue weighted by Gasteiger charge is -2.30. The molecule has 1 saturated heterocycles. The molecule has 1 amide bonds. The first-order valence-electron chi connectivity index (χ1n) is 8.77. The summed E-state index contributed by atoms with van der Waals surface area (Å²) in [6.07, 6.45) is 3.20. The maximum atomic E-state index is 12.7. The van der Waals surface area contributed by atoms with Crippen LogP contribution in [0.5, 0.6) is 0 Å². The van der Waals surface area contributed by atoms with E-state index in [0.717, 1.165) is 19.3 Å². The molecule has 3 rings (SSSR count). The van der Waals surface area contributed by atoms with E-state index in [4.69, 9.17) is 10.2 Å². The molecule has 0 saturated carbocycles. The van der Waals surface area contributed by atoms with E-state index in [9.17, 15) is 9.59 Å². The summed E-state index contributed by atoms with van der Waals surface area (Å²) in [5.74, 6) is 0.342. The van der Waals surface area contributed by atoms with Crippen LogP contribution in [0.15, 0.2) is 45.6 Å². The van der Waals surface area contributed by atoms with Crippen molar-refractivity contribution in [1.82, 2.24) is 4.90 Å². The van der Waals surface area contributed by atoms with Gasteiger partial charge < -0.3 is 15.1 Å². The van der Waals surface area contributed by atoms with Crippen LogP contribution in [-0.2, 0) is 12.8 Å². The zero-order valence-corrected chi connectivity index (χ0v) is 15.8. The average Bonchev–Trinajstić information content (AvgIpc) is 2.60. The maximum absolute atomic E-state index is 12.7. The minimum absolute atomic E-state index is 0. The molecular formula is C20H25ClN2O3. The van der Waals surface area contributed by atoms with Crippen LogP contribution in [0.2, 0.25) is 0 Å². The highest BCUT2D eigenvalue weighted by Crippen LogP contribution is 2.15. The highest BCUT2D eigenvalue weighted by atomic mass is 35.5. The van der Waals surface area contributed by atoms with Gasteiger partial charge in [0.15, 0.2) is 0 Å². The van der Waals surface area contributed by atoms with Gasteiger partial charge in [-0.2, -0.15) is 0 Å². The van der Waals surface area contributed by atoms with Gasteiger partial charge in [0.1, 0.15) is 11.3 Å². The number of hydrogen-bond donors (Lipinski definition) is 1. The van der Waals surface area contributed by atoms with Crippen molar-refractivity contribution in [3.05, 3.63) is 69.3 Å². The van der Waals surface area contributed by atoms with Gasteiger partial charge in [-0.1, -0.05) is 30.3 Å². The Morgan fingerprint density at radius 3 is 2.65 bits per heavy atom. The van der Waals surface area contributed by atoms with Crippen LogP contribution in [-0.4, -0.2) is 29.9 Å². The highest BCUT2D eigenvalue weighted by Gasteiger charge is 2.26. The van der Waals surface area contributed by atoms with Gasteiger partial charge >= 0.3 is 5.63 Å². The quantitative estimate of drug-likeness (QED) is 0.890. The normalized spacial score (nSPS) is 16.8. The predicted molar refractivity (Wildman–Crippen MR) is 104 cm³/mol. The van der Waals surface area contributed by atoms with Gasteiger partial charge in [-0.3, -0.25) is 4.79 Å². The molecule has 6 heteroatoms. The Labute approximate surface area is 159 Å². The summed E-state index contributed by atoms with van der Waals surface area (Å²) in [5.41, 5.74) is 7.38. The fraction of sp³-hybridized carbons (Fsp3) is 0.400. The van der Waals surface area contributed by atoms with Crippen LogP contribution in [0, 0.1) is 6.92 Å². The van der Waals surface area contributed by atoms with E-state index in [2.05, 4.69) is 0 Å². The number of piperidine rings is 1. The lowest BCUT2D eigenvalue weighted by atomic mass is 10.0. The van der Waals surface area contributed by atoms with Crippen molar-refractivity contribution in [3.8, 4) is 0 Å². The summed E-state index contributed by atoms with van der Waals surface area (Å²) in [6.45, 7) is 2.93. The number of nitrogens with zero attached hydrogens (tertiary/aromatic N) is 1. The lowest BCUT2D eigenvalue weighted by molar-refractivity contribution is 0.0703. The molecule has 0 radical (unpaired) electrons. The second-order valence-electron chi connectivity index (χ2n) is 6.70. The number of nitrogens with two attached hydrogens (primary N) is 1. The van der Waals surface area contributed by atoms with E-state index in [0.29, 0.717) is 30.8 Å². The van der Waals surface area contributed by atoms with Gasteiger partial charge in [0, 0.05) is 25.6 Å². The van der Waals surface area contributed by atoms with Crippen LogP contribution in [0.25, 0.3) is 0 Å². The second kappa shape index (κ2) is 9.01. The SMILES string of the molecule is Cc1cc(CCc2ccccc2)oc(=O)c1C(=O)N1CCC[C@H](N)C1.Cl. The number of amides is 1. The molecular weight excluding hydrogens is 352 g/mol. The molecule has 2 aromatic rings. The number of halogens is 1. The number of aryl methyl sites for hydroxylation is 3. The van der Waals surface area contributed by atoms with Crippen molar-refractivity contribution in [2.75, 3.05) is 13.1 Å². The van der Waals surface area contributed by atoms with Crippen molar-refractivity contribution < 1.29 is 9.21 Å². The van der Waals surface area contributed by atoms with Crippen molar-refractivity contribution in [2.24, 2.45) is 5.73 Å². The van der Waals surface area contributed by atoms with Crippen LogP contribution >= 0.6 is 12.4 Å². The van der Waals surface area contributed by atoms with E-state index >= 15 is 0 Å². The molecule has 26 heavy (non-hydrogen) atoms. The summed E-state index contributed by atoms with van der Waals surface area (Å²) in [6, 6.07) is 11.8. The average molecular weight is 377 g/mol. The smallest absolute Gasteiger partial charge is 0.349 e. The monoisotopic (exact) mass is 376 g/mol. The largest absolute Gasteiger partial charge is 0.427 e. The third kappa shape index (κ3) is 4.74. The van der Waals surface area contributed by atoms with Crippen LogP contribution in [0.1, 0.15) is 40.1 Å². The minimum atomic E-state index is -0.549. The number of likely N-dealkylation sites (tertiary alicyclic amines) is 1. The van der Waals surface area contributed by atoms with E-state index in [1.165, 1.54) is 5.56 Å². The van der Waals surface area contributed by atoms with E-state index in [1.807, 2.05) is 30.3 Å². The van der Waals surface area contributed by atoms with E-state index in [1.54, 1.807) is 17.9 Å². The highest BCUT2D eigenvalue weighted by molar-refractivity contribution is 5.95. The first-order chi connectivity index (χ1) is 12.0. The standard InChI is InChI=1S/C20H24N2O3.ClH/c1-14-12-17(10-9-15-6-3-2-4-7-15)25-20(24)18(14)19(23)22-11-5-8-16(21)13-22;/h2-4,6-7,12,16H,5,8-11,13,21H2,1H3;1H/t16-;/m0./s1. The van der Waals surface area contributed by atoms with Gasteiger partial charge in [0.2, 0.25) is 0 Å². The fourth-order valence-electron chi connectivity index (χ4n) is 3.32. The van der Waals surface area contributed by atoms with Crippen LogP contribution in [0.3, 0.4) is 0 Å². The summed E-state index contributed by atoms with van der Waals surface area (Å²) in [4.78, 5) is 26.7. The number of carbonyl (C=O) groups excluding carboxylic acids is 1. The molecule has 1 aliphatic rings. The van der Waals surface area contributed by atoms with Gasteiger partial charge in [-0.05, 0) is 43.4 Å². The zero-order chi connectivity index (χ0) is 17.8. The Bertz CT molecular complexity index is 804. The maximum Gasteiger partial charge on any atom is 0.349 e. The summed E-state index contributed by atoms with van der Waals surface area (Å²) < 4.78 is 5.42. The van der Waals surface area contributed by atoms with Crippen LogP contribution < -0.4 is 11.4 Å². The molecule has 1 aromatic carbocycles. The Balaban J connectivity index is 0.00000243. The topological polar surface area (TPSA) is 76.5 Å². The first kappa shape index (κ1) is 20.2. The second-order valence-corrected chi connectivity index (χ2v) is 6.70. The van der Waals surface area contributed by atoms with Crippen molar-refractivity contribution in [2.45, 2.75) is 38.6 Å². The molecule has 1 aromatic heterocycles. The van der Waals surface area contributed by atoms with Crippen molar-refractivity contribution in [1.29, 1.82) is 0 Å². The molecule has 0 unspecified atom stereocenters. The number of hydrogen-bond acceptors (Lipinski definition) is 4. The molecule has 0 spiro atoms.